The fraction of sp³-hybridized carbons (Fsp3) is 0.364. The minimum absolute atomic E-state index is 0.576. The van der Waals surface area contributed by atoms with Crippen LogP contribution in [0.15, 0.2) is 48.5 Å². The number of aryl methyl sites for hydroxylation is 1. The summed E-state index contributed by atoms with van der Waals surface area (Å²) in [6.07, 6.45) is 1.10. The molecule has 25 heavy (non-hydrogen) atoms. The minimum Gasteiger partial charge on any atom is -0.492 e. The van der Waals surface area contributed by atoms with Crippen molar-refractivity contribution in [3.63, 3.8) is 0 Å². The van der Waals surface area contributed by atoms with Crippen LogP contribution in [-0.4, -0.2) is 29.2 Å². The molecular weight excluding hydrogens is 308 g/mol. The lowest BCUT2D eigenvalue weighted by atomic mass is 9.99. The van der Waals surface area contributed by atoms with E-state index in [4.69, 9.17) is 4.74 Å². The number of ether oxygens (including phenoxy) is 1. The number of aromatic nitrogens is 1. The molecule has 1 unspecified atom stereocenters. The molecule has 0 saturated carbocycles. The van der Waals surface area contributed by atoms with Gasteiger partial charge in [-0.1, -0.05) is 29.8 Å². The molecule has 1 aromatic heterocycles. The molecule has 0 aliphatic carbocycles. The molecule has 130 valence electrons. The quantitative estimate of drug-likeness (QED) is 0.703. The van der Waals surface area contributed by atoms with E-state index in [1.165, 1.54) is 27.7 Å². The van der Waals surface area contributed by atoms with Gasteiger partial charge < -0.3 is 9.30 Å². The van der Waals surface area contributed by atoms with Gasteiger partial charge in [-0.05, 0) is 50.7 Å². The summed E-state index contributed by atoms with van der Waals surface area (Å²) in [6.45, 7) is 7.11. The molecular formula is C22H26N2O. The molecule has 0 bridgehead atoms. The summed E-state index contributed by atoms with van der Waals surface area (Å²) in [5, 5.41) is 1.41. The molecule has 2 aromatic carbocycles. The lowest BCUT2D eigenvalue weighted by Crippen LogP contribution is -2.35. The molecule has 3 heteroatoms. The Bertz CT molecular complexity index is 882. The van der Waals surface area contributed by atoms with Crippen LogP contribution in [0.4, 0.5) is 0 Å². The van der Waals surface area contributed by atoms with Gasteiger partial charge >= 0.3 is 0 Å². The van der Waals surface area contributed by atoms with Crippen LogP contribution in [-0.2, 0) is 19.5 Å². The highest BCUT2D eigenvalue weighted by Gasteiger charge is 2.26. The second kappa shape index (κ2) is 6.57. The molecule has 2 heterocycles. The first kappa shape index (κ1) is 16.2. The Balaban J connectivity index is 1.67. The first-order valence-electron chi connectivity index (χ1n) is 9.12. The normalized spacial score (nSPS) is 17.6. The van der Waals surface area contributed by atoms with Crippen molar-refractivity contribution in [3.8, 4) is 5.75 Å². The van der Waals surface area contributed by atoms with Crippen molar-refractivity contribution >= 4 is 10.9 Å². The number of hydrogen-bond acceptors (Lipinski definition) is 2. The lowest BCUT2D eigenvalue weighted by Gasteiger charge is -2.31. The van der Waals surface area contributed by atoms with E-state index in [9.17, 15) is 0 Å². The van der Waals surface area contributed by atoms with Crippen molar-refractivity contribution in [2.75, 3.05) is 13.7 Å². The van der Waals surface area contributed by atoms with Gasteiger partial charge in [0.05, 0.1) is 6.54 Å². The second-order valence-corrected chi connectivity index (χ2v) is 7.23. The summed E-state index contributed by atoms with van der Waals surface area (Å²) < 4.78 is 8.44. The molecule has 0 saturated heterocycles. The van der Waals surface area contributed by atoms with Crippen LogP contribution in [0, 0.1) is 6.92 Å². The Hall–Kier alpha value is -2.26. The molecule has 0 amide bonds. The number of nitrogens with zero attached hydrogens (tertiary/aromatic N) is 2. The van der Waals surface area contributed by atoms with Gasteiger partial charge in [0.2, 0.25) is 0 Å². The zero-order chi connectivity index (χ0) is 17.4. The van der Waals surface area contributed by atoms with Gasteiger partial charge in [-0.2, -0.15) is 0 Å². The van der Waals surface area contributed by atoms with Gasteiger partial charge in [-0.3, -0.25) is 4.90 Å². The monoisotopic (exact) mass is 334 g/mol. The molecule has 0 N–H and O–H groups in total. The van der Waals surface area contributed by atoms with Gasteiger partial charge in [0.15, 0.2) is 0 Å². The van der Waals surface area contributed by atoms with Crippen LogP contribution in [0.5, 0.6) is 5.75 Å². The summed E-state index contributed by atoms with van der Waals surface area (Å²) >= 11 is 0. The maximum atomic E-state index is 5.96. The Kier molecular flexibility index (Phi) is 4.26. The number of likely N-dealkylation sites (N-methyl/N-ethyl adjacent to an activating group) is 1. The van der Waals surface area contributed by atoms with Crippen LogP contribution < -0.4 is 4.74 Å². The number of rotatable bonds is 4. The molecule has 1 aliphatic heterocycles. The van der Waals surface area contributed by atoms with Crippen LogP contribution in [0.1, 0.15) is 23.7 Å². The third-order valence-corrected chi connectivity index (χ3v) is 5.42. The Morgan fingerprint density at radius 3 is 2.72 bits per heavy atom. The summed E-state index contributed by atoms with van der Waals surface area (Å²) in [7, 11) is 2.23. The van der Waals surface area contributed by atoms with E-state index in [2.05, 4.69) is 48.6 Å². The summed E-state index contributed by atoms with van der Waals surface area (Å²) in [5.74, 6) is 0.941. The fourth-order valence-electron chi connectivity index (χ4n) is 3.87. The topological polar surface area (TPSA) is 17.4 Å². The Labute approximate surface area is 149 Å². The number of para-hydroxylation sites is 1. The predicted molar refractivity (Wildman–Crippen MR) is 103 cm³/mol. The van der Waals surface area contributed by atoms with Crippen molar-refractivity contribution in [1.82, 2.24) is 9.47 Å². The van der Waals surface area contributed by atoms with Gasteiger partial charge in [-0.25, -0.2) is 0 Å². The van der Waals surface area contributed by atoms with Crippen molar-refractivity contribution in [2.24, 2.45) is 0 Å². The zero-order valence-electron chi connectivity index (χ0n) is 15.3. The highest BCUT2D eigenvalue weighted by molar-refractivity contribution is 5.86. The van der Waals surface area contributed by atoms with Crippen LogP contribution in [0.2, 0.25) is 0 Å². The number of hydrogen-bond donors (Lipinski definition) is 0. The van der Waals surface area contributed by atoms with E-state index in [0.29, 0.717) is 12.6 Å². The first-order chi connectivity index (χ1) is 12.1. The lowest BCUT2D eigenvalue weighted by molar-refractivity contribution is 0.225. The van der Waals surface area contributed by atoms with E-state index in [1.54, 1.807) is 0 Å². The molecule has 1 atom stereocenters. The summed E-state index contributed by atoms with van der Waals surface area (Å²) in [5.41, 5.74) is 5.66. The standard InChI is InChI=1S/C22H26N2O/c1-16-9-10-21-19(13-16)20-15-23(3)17(2)14-22(20)24(21)11-12-25-18-7-5-4-6-8-18/h4-10,13,17H,11-12,14-15H2,1-3H3. The molecule has 1 aliphatic rings. The number of fused-ring (bicyclic) bond motifs is 3. The molecule has 0 radical (unpaired) electrons. The van der Waals surface area contributed by atoms with E-state index in [0.717, 1.165) is 25.3 Å². The van der Waals surface area contributed by atoms with Crippen LogP contribution in [0.25, 0.3) is 10.9 Å². The minimum atomic E-state index is 0.576. The molecule has 4 rings (SSSR count). The summed E-state index contributed by atoms with van der Waals surface area (Å²) in [4.78, 5) is 2.45. The predicted octanol–water partition coefficient (Wildman–Crippen LogP) is 4.41. The van der Waals surface area contributed by atoms with Crippen molar-refractivity contribution in [2.45, 2.75) is 39.4 Å². The Morgan fingerprint density at radius 1 is 1.12 bits per heavy atom. The molecule has 0 spiro atoms. The Morgan fingerprint density at radius 2 is 1.92 bits per heavy atom. The van der Waals surface area contributed by atoms with Crippen molar-refractivity contribution in [1.29, 1.82) is 0 Å². The maximum absolute atomic E-state index is 5.96. The molecule has 0 fully saturated rings. The van der Waals surface area contributed by atoms with Gasteiger partial charge in [0.25, 0.3) is 0 Å². The van der Waals surface area contributed by atoms with E-state index in [-0.39, 0.29) is 0 Å². The number of benzene rings is 2. The largest absolute Gasteiger partial charge is 0.492 e. The summed E-state index contributed by atoms with van der Waals surface area (Å²) in [6, 6.07) is 17.5. The van der Waals surface area contributed by atoms with E-state index < -0.39 is 0 Å². The smallest absolute Gasteiger partial charge is 0.119 e. The van der Waals surface area contributed by atoms with E-state index >= 15 is 0 Å². The highest BCUT2D eigenvalue weighted by Crippen LogP contribution is 2.33. The van der Waals surface area contributed by atoms with Crippen molar-refractivity contribution in [3.05, 3.63) is 65.4 Å². The third kappa shape index (κ3) is 3.05. The van der Waals surface area contributed by atoms with Crippen LogP contribution >= 0.6 is 0 Å². The highest BCUT2D eigenvalue weighted by atomic mass is 16.5. The van der Waals surface area contributed by atoms with Gasteiger partial charge in [0, 0.05) is 35.6 Å². The average molecular weight is 334 g/mol. The average Bonchev–Trinajstić information content (AvgIpc) is 2.89. The first-order valence-corrected chi connectivity index (χ1v) is 9.12. The fourth-order valence-corrected chi connectivity index (χ4v) is 3.87. The van der Waals surface area contributed by atoms with Crippen molar-refractivity contribution < 1.29 is 4.74 Å². The third-order valence-electron chi connectivity index (χ3n) is 5.42. The SMILES string of the molecule is Cc1ccc2c(c1)c1c(n2CCOc2ccccc2)CC(C)N(C)C1. The van der Waals surface area contributed by atoms with Gasteiger partial charge in [-0.15, -0.1) is 0 Å². The zero-order valence-corrected chi connectivity index (χ0v) is 15.3. The van der Waals surface area contributed by atoms with Gasteiger partial charge in [0.1, 0.15) is 12.4 Å². The second-order valence-electron chi connectivity index (χ2n) is 7.23. The maximum Gasteiger partial charge on any atom is 0.119 e. The molecule has 3 nitrogen and oxygen atoms in total. The van der Waals surface area contributed by atoms with Crippen LogP contribution in [0.3, 0.4) is 0 Å². The molecule has 3 aromatic rings. The van der Waals surface area contributed by atoms with E-state index in [1.807, 2.05) is 30.3 Å².